The fourth-order valence-corrected chi connectivity index (χ4v) is 5.11. The van der Waals surface area contributed by atoms with Gasteiger partial charge in [-0.25, -0.2) is 4.79 Å². The van der Waals surface area contributed by atoms with E-state index < -0.39 is 11.2 Å². The number of thiophene rings is 1. The van der Waals surface area contributed by atoms with Crippen molar-refractivity contribution in [2.75, 3.05) is 19.9 Å². The maximum Gasteiger partial charge on any atom is 0.332 e. The molecular formula is C24H26N4O7S. The second kappa shape index (κ2) is 10.5. The number of amides is 2. The Morgan fingerprint density at radius 2 is 1.92 bits per heavy atom. The van der Waals surface area contributed by atoms with E-state index in [2.05, 4.69) is 10.6 Å². The first-order chi connectivity index (χ1) is 17.5. The summed E-state index contributed by atoms with van der Waals surface area (Å²) < 4.78 is 18.8. The topological polar surface area (TPSA) is 130 Å². The highest BCUT2D eigenvalue weighted by molar-refractivity contribution is 7.17. The SMILES string of the molecule is O=C(CCn1c(=O)c2sccc2n(CC(=O)NC[C@@H]2CCCO2)c1=O)NCc1ccc2c(c1)OCO2. The van der Waals surface area contributed by atoms with Gasteiger partial charge in [-0.2, -0.15) is 0 Å². The van der Waals surface area contributed by atoms with Gasteiger partial charge in [-0.3, -0.25) is 23.5 Å². The van der Waals surface area contributed by atoms with E-state index in [-0.39, 0.29) is 50.8 Å². The molecule has 1 saturated heterocycles. The van der Waals surface area contributed by atoms with Crippen molar-refractivity contribution in [3.63, 3.8) is 0 Å². The lowest BCUT2D eigenvalue weighted by Gasteiger charge is -2.14. The number of benzene rings is 1. The van der Waals surface area contributed by atoms with E-state index in [9.17, 15) is 19.2 Å². The van der Waals surface area contributed by atoms with Gasteiger partial charge in [0.05, 0.1) is 11.6 Å². The number of nitrogens with one attached hydrogen (secondary N) is 2. The van der Waals surface area contributed by atoms with Crippen molar-refractivity contribution in [1.82, 2.24) is 19.8 Å². The summed E-state index contributed by atoms with van der Waals surface area (Å²) in [6.45, 7) is 1.17. The van der Waals surface area contributed by atoms with E-state index in [1.54, 1.807) is 23.6 Å². The molecule has 0 unspecified atom stereocenters. The third-order valence-corrected chi connectivity index (χ3v) is 7.07. The molecule has 0 spiro atoms. The molecule has 1 fully saturated rings. The molecule has 2 N–H and O–H groups in total. The number of rotatable bonds is 9. The van der Waals surface area contributed by atoms with Gasteiger partial charge in [-0.1, -0.05) is 6.07 Å². The molecule has 0 bridgehead atoms. The van der Waals surface area contributed by atoms with Crippen LogP contribution in [-0.2, 0) is 34.0 Å². The van der Waals surface area contributed by atoms with Crippen LogP contribution in [0, 0.1) is 0 Å². The quantitative estimate of drug-likeness (QED) is 0.435. The molecule has 1 aromatic carbocycles. The van der Waals surface area contributed by atoms with Gasteiger partial charge in [-0.05, 0) is 42.0 Å². The van der Waals surface area contributed by atoms with E-state index >= 15 is 0 Å². The van der Waals surface area contributed by atoms with Gasteiger partial charge >= 0.3 is 5.69 Å². The summed E-state index contributed by atoms with van der Waals surface area (Å²) in [5.41, 5.74) is 0.151. The minimum atomic E-state index is -0.623. The number of carbonyl (C=O) groups excluding carboxylic acids is 2. The molecule has 0 radical (unpaired) electrons. The van der Waals surface area contributed by atoms with E-state index in [4.69, 9.17) is 14.2 Å². The van der Waals surface area contributed by atoms with Crippen molar-refractivity contribution in [2.45, 2.75) is 45.0 Å². The summed E-state index contributed by atoms with van der Waals surface area (Å²) in [5, 5.41) is 7.29. The molecule has 4 heterocycles. The highest BCUT2D eigenvalue weighted by Crippen LogP contribution is 2.32. The first-order valence-electron chi connectivity index (χ1n) is 11.7. The number of ether oxygens (including phenoxy) is 3. The number of hydrogen-bond donors (Lipinski definition) is 2. The zero-order valence-electron chi connectivity index (χ0n) is 19.5. The number of fused-ring (bicyclic) bond motifs is 2. The monoisotopic (exact) mass is 514 g/mol. The smallest absolute Gasteiger partial charge is 0.332 e. The first kappa shape index (κ1) is 24.1. The van der Waals surface area contributed by atoms with Crippen LogP contribution < -0.4 is 31.4 Å². The van der Waals surface area contributed by atoms with Gasteiger partial charge in [0.2, 0.25) is 18.6 Å². The molecule has 11 nitrogen and oxygen atoms in total. The summed E-state index contributed by atoms with van der Waals surface area (Å²) in [4.78, 5) is 51.1. The predicted molar refractivity (Wildman–Crippen MR) is 131 cm³/mol. The Morgan fingerprint density at radius 1 is 1.06 bits per heavy atom. The van der Waals surface area contributed by atoms with Gasteiger partial charge in [0.15, 0.2) is 11.5 Å². The van der Waals surface area contributed by atoms with Crippen LogP contribution in [0.4, 0.5) is 0 Å². The van der Waals surface area contributed by atoms with Crippen molar-refractivity contribution in [3.05, 3.63) is 56.0 Å². The van der Waals surface area contributed by atoms with Crippen molar-refractivity contribution in [2.24, 2.45) is 0 Å². The highest BCUT2D eigenvalue weighted by atomic mass is 32.1. The Bertz CT molecular complexity index is 1400. The third kappa shape index (κ3) is 5.14. The molecular weight excluding hydrogens is 488 g/mol. The van der Waals surface area contributed by atoms with Gasteiger partial charge in [-0.15, -0.1) is 11.3 Å². The molecule has 3 aromatic rings. The number of aromatic nitrogens is 2. The fraction of sp³-hybridized carbons (Fsp3) is 0.417. The van der Waals surface area contributed by atoms with Crippen LogP contribution in [0.5, 0.6) is 11.5 Å². The predicted octanol–water partition coefficient (Wildman–Crippen LogP) is 0.955. The highest BCUT2D eigenvalue weighted by Gasteiger charge is 2.20. The lowest BCUT2D eigenvalue weighted by Crippen LogP contribution is -2.43. The summed E-state index contributed by atoms with van der Waals surface area (Å²) in [6, 6.07) is 7.05. The molecule has 2 aromatic heterocycles. The summed E-state index contributed by atoms with van der Waals surface area (Å²) in [5.74, 6) is 0.626. The second-order valence-corrected chi connectivity index (χ2v) is 9.53. The maximum absolute atomic E-state index is 13.2. The minimum absolute atomic E-state index is 0.0167. The lowest BCUT2D eigenvalue weighted by atomic mass is 10.2. The third-order valence-electron chi connectivity index (χ3n) is 6.18. The Balaban J connectivity index is 1.24. The normalized spacial score (nSPS) is 16.4. The Hall–Kier alpha value is -3.64. The Kier molecular flexibility index (Phi) is 7.05. The molecule has 1 atom stereocenters. The second-order valence-electron chi connectivity index (χ2n) is 8.61. The molecule has 5 rings (SSSR count). The molecule has 12 heteroatoms. The van der Waals surface area contributed by atoms with Crippen molar-refractivity contribution < 1.29 is 23.8 Å². The summed E-state index contributed by atoms with van der Waals surface area (Å²) in [7, 11) is 0. The van der Waals surface area contributed by atoms with Crippen LogP contribution >= 0.6 is 11.3 Å². The van der Waals surface area contributed by atoms with Gasteiger partial charge in [0.25, 0.3) is 5.56 Å². The summed E-state index contributed by atoms with van der Waals surface area (Å²) >= 11 is 1.20. The zero-order valence-corrected chi connectivity index (χ0v) is 20.3. The van der Waals surface area contributed by atoms with Crippen LogP contribution in [0.2, 0.25) is 0 Å². The van der Waals surface area contributed by atoms with Gasteiger partial charge < -0.3 is 24.8 Å². The standard InChI is InChI=1S/C24H26N4O7S/c29-20(25-11-15-3-4-18-19(10-15)35-14-34-18)5-7-27-23(31)22-17(6-9-36-22)28(24(27)32)13-21(30)26-12-16-2-1-8-33-16/h3-4,6,9-10,16H,1-2,5,7-8,11-14H2,(H,25,29)(H,26,30)/t16-/m0/s1. The summed E-state index contributed by atoms with van der Waals surface area (Å²) in [6.07, 6.45) is 1.76. The molecule has 36 heavy (non-hydrogen) atoms. The Morgan fingerprint density at radius 3 is 2.75 bits per heavy atom. The number of hydrogen-bond acceptors (Lipinski definition) is 8. The minimum Gasteiger partial charge on any atom is -0.454 e. The van der Waals surface area contributed by atoms with Crippen molar-refractivity contribution in [3.8, 4) is 11.5 Å². The van der Waals surface area contributed by atoms with Crippen LogP contribution in [0.1, 0.15) is 24.8 Å². The van der Waals surface area contributed by atoms with Crippen LogP contribution in [-0.4, -0.2) is 47.0 Å². The van der Waals surface area contributed by atoms with Gasteiger partial charge in [0, 0.05) is 32.7 Å². The van der Waals surface area contributed by atoms with Crippen molar-refractivity contribution in [1.29, 1.82) is 0 Å². The van der Waals surface area contributed by atoms with E-state index in [1.165, 1.54) is 15.9 Å². The molecule has 0 aliphatic carbocycles. The van der Waals surface area contributed by atoms with E-state index in [1.807, 2.05) is 6.07 Å². The van der Waals surface area contributed by atoms with E-state index in [0.29, 0.717) is 34.9 Å². The molecule has 2 aliphatic rings. The zero-order chi connectivity index (χ0) is 25.1. The molecule has 2 amide bonds. The molecule has 2 aliphatic heterocycles. The largest absolute Gasteiger partial charge is 0.454 e. The van der Waals surface area contributed by atoms with Gasteiger partial charge in [0.1, 0.15) is 11.2 Å². The fourth-order valence-electron chi connectivity index (χ4n) is 4.27. The average Bonchev–Trinajstić information content (AvgIpc) is 3.65. The molecule has 190 valence electrons. The maximum atomic E-state index is 13.2. The lowest BCUT2D eigenvalue weighted by molar-refractivity contribution is -0.122. The van der Waals surface area contributed by atoms with Crippen LogP contribution in [0.15, 0.2) is 39.2 Å². The van der Waals surface area contributed by atoms with Crippen LogP contribution in [0.25, 0.3) is 10.2 Å². The van der Waals surface area contributed by atoms with Crippen LogP contribution in [0.3, 0.4) is 0 Å². The van der Waals surface area contributed by atoms with E-state index in [0.717, 1.165) is 23.0 Å². The number of carbonyl (C=O) groups is 2. The molecule has 0 saturated carbocycles. The Labute approximate surface area is 209 Å². The average molecular weight is 515 g/mol. The first-order valence-corrected chi connectivity index (χ1v) is 12.6. The van der Waals surface area contributed by atoms with Crippen molar-refractivity contribution >= 4 is 33.4 Å². The number of nitrogens with zero attached hydrogens (tertiary/aromatic N) is 2.